The number of hydrogen-bond donors (Lipinski definition) is 1. The van der Waals surface area contributed by atoms with Crippen LogP contribution in [0.3, 0.4) is 0 Å². The predicted molar refractivity (Wildman–Crippen MR) is 135 cm³/mol. The molecule has 36 heavy (non-hydrogen) atoms. The number of aromatic nitrogens is 3. The van der Waals surface area contributed by atoms with E-state index >= 15 is 0 Å². The second-order valence-electron chi connectivity index (χ2n) is 8.62. The van der Waals surface area contributed by atoms with Gasteiger partial charge in [-0.25, -0.2) is 15.0 Å². The SMILES string of the molecule is CCN(CC)c1ncc(C(c2ccc(C#N)cc2)N2CCC(NC(=O)c3ccc(C#N)nc3)C2)cn1. The average molecular weight is 481 g/mol. The van der Waals surface area contributed by atoms with Crippen LogP contribution in [0.4, 0.5) is 5.95 Å². The Labute approximate surface area is 211 Å². The lowest BCUT2D eigenvalue weighted by Gasteiger charge is -2.29. The molecule has 2 atom stereocenters. The van der Waals surface area contributed by atoms with Crippen LogP contribution in [0.15, 0.2) is 55.0 Å². The fourth-order valence-electron chi connectivity index (χ4n) is 4.50. The van der Waals surface area contributed by atoms with Gasteiger partial charge in [-0.3, -0.25) is 9.69 Å². The van der Waals surface area contributed by atoms with Crippen molar-refractivity contribution in [3.8, 4) is 12.1 Å². The number of nitriles is 2. The lowest BCUT2D eigenvalue weighted by molar-refractivity contribution is 0.0936. The van der Waals surface area contributed by atoms with E-state index in [0.29, 0.717) is 23.6 Å². The van der Waals surface area contributed by atoms with Crippen molar-refractivity contribution in [2.24, 2.45) is 0 Å². The molecule has 3 aromatic rings. The van der Waals surface area contributed by atoms with Crippen LogP contribution in [0.25, 0.3) is 0 Å². The van der Waals surface area contributed by atoms with Crippen LogP contribution in [0.5, 0.6) is 0 Å². The minimum atomic E-state index is -0.208. The van der Waals surface area contributed by atoms with Gasteiger partial charge in [-0.15, -0.1) is 0 Å². The Bertz CT molecular complexity index is 1260. The molecule has 1 N–H and O–H groups in total. The Hall–Kier alpha value is -4.34. The summed E-state index contributed by atoms with van der Waals surface area (Å²) in [5, 5.41) is 21.2. The van der Waals surface area contributed by atoms with Gasteiger partial charge in [0.1, 0.15) is 11.8 Å². The molecular formula is C27H28N8O. The molecule has 0 bridgehead atoms. The molecule has 0 aliphatic carbocycles. The molecule has 1 aliphatic heterocycles. The van der Waals surface area contributed by atoms with Gasteiger partial charge in [-0.1, -0.05) is 12.1 Å². The van der Waals surface area contributed by atoms with E-state index in [0.717, 1.165) is 37.2 Å². The Morgan fingerprint density at radius 2 is 1.75 bits per heavy atom. The Balaban J connectivity index is 1.54. The van der Waals surface area contributed by atoms with Crippen LogP contribution in [0.1, 0.15) is 59.1 Å². The van der Waals surface area contributed by atoms with Gasteiger partial charge >= 0.3 is 0 Å². The van der Waals surface area contributed by atoms with Crippen molar-refractivity contribution in [1.29, 1.82) is 10.5 Å². The molecule has 1 fully saturated rings. The highest BCUT2D eigenvalue weighted by Crippen LogP contribution is 2.32. The molecule has 0 radical (unpaired) electrons. The maximum absolute atomic E-state index is 12.7. The van der Waals surface area contributed by atoms with E-state index in [1.165, 1.54) is 6.20 Å². The maximum Gasteiger partial charge on any atom is 0.253 e. The summed E-state index contributed by atoms with van der Waals surface area (Å²) in [6.45, 7) is 7.24. The first kappa shape index (κ1) is 24.8. The monoisotopic (exact) mass is 480 g/mol. The normalized spacial score (nSPS) is 16.1. The molecule has 3 heterocycles. The lowest BCUT2D eigenvalue weighted by atomic mass is 9.98. The van der Waals surface area contributed by atoms with E-state index < -0.39 is 0 Å². The Kier molecular flexibility index (Phi) is 7.84. The van der Waals surface area contributed by atoms with Crippen LogP contribution in [-0.4, -0.2) is 58.0 Å². The fourth-order valence-corrected chi connectivity index (χ4v) is 4.50. The second kappa shape index (κ2) is 11.4. The zero-order valence-corrected chi connectivity index (χ0v) is 20.4. The molecule has 4 rings (SSSR count). The summed E-state index contributed by atoms with van der Waals surface area (Å²) in [5.74, 6) is 0.491. The van der Waals surface area contributed by atoms with Crippen molar-refractivity contribution in [2.75, 3.05) is 31.1 Å². The van der Waals surface area contributed by atoms with E-state index in [9.17, 15) is 10.1 Å². The molecule has 0 spiro atoms. The molecule has 1 aromatic carbocycles. The van der Waals surface area contributed by atoms with E-state index in [4.69, 9.17) is 5.26 Å². The van der Waals surface area contributed by atoms with E-state index in [1.54, 1.807) is 12.1 Å². The summed E-state index contributed by atoms with van der Waals surface area (Å²) >= 11 is 0. The number of likely N-dealkylation sites (tertiary alicyclic amines) is 1. The second-order valence-corrected chi connectivity index (χ2v) is 8.62. The average Bonchev–Trinajstić information content (AvgIpc) is 3.38. The molecule has 2 unspecified atom stereocenters. The number of hydrogen-bond acceptors (Lipinski definition) is 8. The molecule has 9 nitrogen and oxygen atoms in total. The third kappa shape index (κ3) is 5.48. The number of pyridine rings is 1. The summed E-state index contributed by atoms with van der Waals surface area (Å²) < 4.78 is 0. The highest BCUT2D eigenvalue weighted by atomic mass is 16.1. The van der Waals surface area contributed by atoms with Gasteiger partial charge < -0.3 is 10.2 Å². The number of rotatable bonds is 8. The molecule has 1 aliphatic rings. The van der Waals surface area contributed by atoms with Gasteiger partial charge in [0, 0.05) is 56.4 Å². The topological polar surface area (TPSA) is 122 Å². The number of nitrogens with zero attached hydrogens (tertiary/aromatic N) is 7. The van der Waals surface area contributed by atoms with Crippen LogP contribution in [-0.2, 0) is 0 Å². The quantitative estimate of drug-likeness (QED) is 0.522. The molecule has 2 aromatic heterocycles. The number of benzene rings is 1. The first-order chi connectivity index (χ1) is 17.6. The summed E-state index contributed by atoms with van der Waals surface area (Å²) in [6.07, 6.45) is 5.96. The zero-order valence-electron chi connectivity index (χ0n) is 20.4. The first-order valence-electron chi connectivity index (χ1n) is 12.0. The molecule has 0 saturated carbocycles. The summed E-state index contributed by atoms with van der Waals surface area (Å²) in [6, 6.07) is 14.7. The van der Waals surface area contributed by atoms with Gasteiger partial charge in [0.25, 0.3) is 5.91 Å². The van der Waals surface area contributed by atoms with Gasteiger partial charge in [0.15, 0.2) is 0 Å². The molecular weight excluding hydrogens is 452 g/mol. The third-order valence-electron chi connectivity index (χ3n) is 6.44. The third-order valence-corrected chi connectivity index (χ3v) is 6.44. The number of carbonyl (C=O) groups is 1. The van der Waals surface area contributed by atoms with E-state index in [1.807, 2.05) is 42.7 Å². The number of amides is 1. The van der Waals surface area contributed by atoms with Crippen molar-refractivity contribution < 1.29 is 4.79 Å². The molecule has 182 valence electrons. The fraction of sp³-hybridized carbons (Fsp3) is 0.333. The van der Waals surface area contributed by atoms with Gasteiger partial charge in [-0.05, 0) is 50.1 Å². The van der Waals surface area contributed by atoms with E-state index in [2.05, 4.69) is 50.0 Å². The number of anilines is 1. The Morgan fingerprint density at radius 3 is 2.33 bits per heavy atom. The van der Waals surface area contributed by atoms with Crippen LogP contribution in [0.2, 0.25) is 0 Å². The lowest BCUT2D eigenvalue weighted by Crippen LogP contribution is -2.38. The molecule has 1 amide bonds. The Morgan fingerprint density at radius 1 is 1.03 bits per heavy atom. The largest absolute Gasteiger partial charge is 0.348 e. The van der Waals surface area contributed by atoms with Crippen molar-refractivity contribution in [3.63, 3.8) is 0 Å². The van der Waals surface area contributed by atoms with Crippen molar-refractivity contribution in [3.05, 3.63) is 82.9 Å². The summed E-state index contributed by atoms with van der Waals surface area (Å²) in [5.41, 5.74) is 3.30. The van der Waals surface area contributed by atoms with Crippen molar-refractivity contribution in [2.45, 2.75) is 32.4 Å². The highest BCUT2D eigenvalue weighted by Gasteiger charge is 2.32. The summed E-state index contributed by atoms with van der Waals surface area (Å²) in [4.78, 5) is 30.4. The smallest absolute Gasteiger partial charge is 0.253 e. The number of carbonyl (C=O) groups excluding carboxylic acids is 1. The maximum atomic E-state index is 12.7. The van der Waals surface area contributed by atoms with Crippen LogP contribution >= 0.6 is 0 Å². The van der Waals surface area contributed by atoms with Crippen LogP contribution < -0.4 is 10.2 Å². The number of nitrogens with one attached hydrogen (secondary N) is 1. The van der Waals surface area contributed by atoms with Crippen LogP contribution in [0, 0.1) is 22.7 Å². The van der Waals surface area contributed by atoms with Crippen molar-refractivity contribution in [1.82, 2.24) is 25.2 Å². The molecule has 9 heteroatoms. The minimum absolute atomic E-state index is 0.0371. The van der Waals surface area contributed by atoms with E-state index in [-0.39, 0.29) is 23.7 Å². The minimum Gasteiger partial charge on any atom is -0.348 e. The predicted octanol–water partition coefficient (Wildman–Crippen LogP) is 3.05. The summed E-state index contributed by atoms with van der Waals surface area (Å²) in [7, 11) is 0. The molecule has 1 saturated heterocycles. The standard InChI is InChI=1S/C27H28N8O/c1-3-34(4-2)27-31-16-22(17-32-27)25(20-7-5-19(13-28)6-8-20)35-12-11-24(18-35)33-26(36)21-9-10-23(14-29)30-15-21/h5-10,15-17,24-25H,3-4,11-12,18H2,1-2H3,(H,33,36). The highest BCUT2D eigenvalue weighted by molar-refractivity contribution is 5.94. The van der Waals surface area contributed by atoms with Gasteiger partial charge in [0.05, 0.1) is 23.2 Å². The first-order valence-corrected chi connectivity index (χ1v) is 12.0. The van der Waals surface area contributed by atoms with Gasteiger partial charge in [0.2, 0.25) is 5.95 Å². The van der Waals surface area contributed by atoms with Gasteiger partial charge in [-0.2, -0.15) is 10.5 Å². The van der Waals surface area contributed by atoms with Crippen molar-refractivity contribution >= 4 is 11.9 Å². The zero-order chi connectivity index (χ0) is 25.5.